The number of rotatable bonds is 5. The molecule has 0 atom stereocenters. The number of Topliss-reactive ketones (excluding diaryl/α,β-unsaturated/α-hetero) is 1. The zero-order valence-electron chi connectivity index (χ0n) is 8.92. The molecule has 0 fully saturated rings. The molecular weight excluding hydrogens is 191 g/mol. The summed E-state index contributed by atoms with van der Waals surface area (Å²) in [5.41, 5.74) is 1.36. The number of allylic oxidation sites excluding steroid dienone is 1. The van der Waals surface area contributed by atoms with E-state index in [9.17, 15) is 9.18 Å². The zero-order chi connectivity index (χ0) is 11.3. The Morgan fingerprint density at radius 1 is 1.40 bits per heavy atom. The van der Waals surface area contributed by atoms with Crippen LogP contribution in [0.2, 0.25) is 0 Å². The number of hydrogen-bond acceptors (Lipinski definition) is 1. The van der Waals surface area contributed by atoms with Crippen molar-refractivity contribution in [3.8, 4) is 0 Å². The van der Waals surface area contributed by atoms with Crippen LogP contribution in [0, 0.1) is 5.82 Å². The minimum absolute atomic E-state index is 0.0203. The summed E-state index contributed by atoms with van der Waals surface area (Å²) in [6.07, 6.45) is 1.31. The molecule has 0 amide bonds. The molecule has 15 heavy (non-hydrogen) atoms. The van der Waals surface area contributed by atoms with Crippen molar-refractivity contribution in [3.63, 3.8) is 0 Å². The van der Waals surface area contributed by atoms with Crippen molar-refractivity contribution in [2.45, 2.75) is 26.2 Å². The van der Waals surface area contributed by atoms with Crippen LogP contribution in [0.4, 0.5) is 4.39 Å². The third-order valence-corrected chi connectivity index (χ3v) is 2.29. The minimum atomic E-state index is -0.312. The number of benzene rings is 1. The first-order valence-corrected chi connectivity index (χ1v) is 5.05. The lowest BCUT2D eigenvalue weighted by Gasteiger charge is -2.03. The number of carbonyl (C=O) groups excluding carboxylic acids is 1. The highest BCUT2D eigenvalue weighted by Gasteiger charge is 2.08. The maximum Gasteiger partial charge on any atom is 0.141 e. The maximum atomic E-state index is 13.2. The summed E-state index contributed by atoms with van der Waals surface area (Å²) in [6.45, 7) is 5.72. The lowest BCUT2D eigenvalue weighted by Crippen LogP contribution is -2.05. The summed E-state index contributed by atoms with van der Waals surface area (Å²) < 4.78 is 13.2. The molecule has 0 heterocycles. The molecule has 1 nitrogen and oxygen atoms in total. The standard InChI is InChI=1S/C13H15FO/c1-3-10(2)8-12(15)9-11-6-4-5-7-13(11)14/h4-7H,2-3,8-9H2,1H3. The van der Waals surface area contributed by atoms with E-state index in [1.807, 2.05) is 6.92 Å². The predicted molar refractivity (Wildman–Crippen MR) is 59.2 cm³/mol. The minimum Gasteiger partial charge on any atom is -0.299 e. The van der Waals surface area contributed by atoms with Crippen LogP contribution >= 0.6 is 0 Å². The van der Waals surface area contributed by atoms with Crippen molar-refractivity contribution in [1.82, 2.24) is 0 Å². The second-order valence-electron chi connectivity index (χ2n) is 3.59. The van der Waals surface area contributed by atoms with Crippen molar-refractivity contribution in [2.75, 3.05) is 0 Å². The molecule has 0 unspecified atom stereocenters. The van der Waals surface area contributed by atoms with Gasteiger partial charge in [0.1, 0.15) is 11.6 Å². The first-order chi connectivity index (χ1) is 7.13. The molecular formula is C13H15FO. The highest BCUT2D eigenvalue weighted by Crippen LogP contribution is 2.11. The Hall–Kier alpha value is -1.44. The average molecular weight is 206 g/mol. The highest BCUT2D eigenvalue weighted by molar-refractivity contribution is 5.82. The van der Waals surface area contributed by atoms with Crippen LogP contribution in [-0.2, 0) is 11.2 Å². The molecule has 2 heteroatoms. The van der Waals surface area contributed by atoms with E-state index in [4.69, 9.17) is 0 Å². The van der Waals surface area contributed by atoms with E-state index in [-0.39, 0.29) is 18.0 Å². The molecule has 80 valence electrons. The second kappa shape index (κ2) is 5.44. The van der Waals surface area contributed by atoms with E-state index < -0.39 is 0 Å². The van der Waals surface area contributed by atoms with Gasteiger partial charge in [-0.2, -0.15) is 0 Å². The Morgan fingerprint density at radius 3 is 2.67 bits per heavy atom. The largest absolute Gasteiger partial charge is 0.299 e. The molecule has 0 aliphatic carbocycles. The number of carbonyl (C=O) groups is 1. The van der Waals surface area contributed by atoms with Crippen LogP contribution < -0.4 is 0 Å². The summed E-state index contributed by atoms with van der Waals surface area (Å²) in [6, 6.07) is 6.37. The Labute approximate surface area is 89.6 Å². The fourth-order valence-electron chi connectivity index (χ4n) is 1.32. The Balaban J connectivity index is 2.59. The van der Waals surface area contributed by atoms with E-state index in [0.717, 1.165) is 12.0 Å². The topological polar surface area (TPSA) is 17.1 Å². The number of hydrogen-bond donors (Lipinski definition) is 0. The normalized spacial score (nSPS) is 10.0. The fraction of sp³-hybridized carbons (Fsp3) is 0.308. The molecule has 1 aromatic carbocycles. The monoisotopic (exact) mass is 206 g/mol. The molecule has 0 saturated carbocycles. The van der Waals surface area contributed by atoms with Gasteiger partial charge < -0.3 is 0 Å². The molecule has 1 rings (SSSR count). The third-order valence-electron chi connectivity index (χ3n) is 2.29. The van der Waals surface area contributed by atoms with Gasteiger partial charge in [-0.05, 0) is 18.1 Å². The van der Waals surface area contributed by atoms with E-state index >= 15 is 0 Å². The molecule has 0 N–H and O–H groups in total. The van der Waals surface area contributed by atoms with Crippen molar-refractivity contribution in [3.05, 3.63) is 47.8 Å². The van der Waals surface area contributed by atoms with Crippen molar-refractivity contribution < 1.29 is 9.18 Å². The molecule has 0 aliphatic rings. The summed E-state index contributed by atoms with van der Waals surface area (Å²) in [7, 11) is 0. The Morgan fingerprint density at radius 2 is 2.07 bits per heavy atom. The summed E-state index contributed by atoms with van der Waals surface area (Å²) >= 11 is 0. The first kappa shape index (κ1) is 11.6. The van der Waals surface area contributed by atoms with Crippen LogP contribution in [0.15, 0.2) is 36.4 Å². The SMILES string of the molecule is C=C(CC)CC(=O)Cc1ccccc1F. The van der Waals surface area contributed by atoms with Crippen LogP contribution in [0.5, 0.6) is 0 Å². The van der Waals surface area contributed by atoms with Crippen LogP contribution in [0.25, 0.3) is 0 Å². The van der Waals surface area contributed by atoms with E-state index in [2.05, 4.69) is 6.58 Å². The van der Waals surface area contributed by atoms with Gasteiger partial charge in [-0.25, -0.2) is 4.39 Å². The van der Waals surface area contributed by atoms with Crippen molar-refractivity contribution >= 4 is 5.78 Å². The third kappa shape index (κ3) is 3.66. The molecule has 0 aromatic heterocycles. The summed E-state index contributed by atoms with van der Waals surface area (Å²) in [4.78, 5) is 11.5. The maximum absolute atomic E-state index is 13.2. The zero-order valence-corrected chi connectivity index (χ0v) is 8.92. The van der Waals surface area contributed by atoms with Crippen molar-refractivity contribution in [1.29, 1.82) is 0 Å². The molecule has 0 aliphatic heterocycles. The van der Waals surface area contributed by atoms with Crippen LogP contribution in [0.1, 0.15) is 25.3 Å². The lowest BCUT2D eigenvalue weighted by atomic mass is 10.0. The molecule has 0 spiro atoms. The van der Waals surface area contributed by atoms with Gasteiger partial charge in [-0.1, -0.05) is 37.3 Å². The first-order valence-electron chi connectivity index (χ1n) is 5.05. The van der Waals surface area contributed by atoms with E-state index in [1.165, 1.54) is 6.07 Å². The molecule has 0 saturated heterocycles. The lowest BCUT2D eigenvalue weighted by molar-refractivity contribution is -0.117. The number of halogens is 1. The van der Waals surface area contributed by atoms with Gasteiger partial charge >= 0.3 is 0 Å². The van der Waals surface area contributed by atoms with Crippen LogP contribution in [0.3, 0.4) is 0 Å². The Kier molecular flexibility index (Phi) is 4.22. The van der Waals surface area contributed by atoms with E-state index in [0.29, 0.717) is 12.0 Å². The molecule has 0 radical (unpaired) electrons. The summed E-state index contributed by atoms with van der Waals surface area (Å²) in [5.74, 6) is -0.292. The Bertz CT molecular complexity index is 369. The molecule has 1 aromatic rings. The van der Waals surface area contributed by atoms with Gasteiger partial charge in [0, 0.05) is 12.8 Å². The second-order valence-corrected chi connectivity index (χ2v) is 3.59. The van der Waals surface area contributed by atoms with Gasteiger partial charge in [0.05, 0.1) is 0 Å². The van der Waals surface area contributed by atoms with Gasteiger partial charge in [-0.15, -0.1) is 0 Å². The summed E-state index contributed by atoms with van der Waals surface area (Å²) in [5, 5.41) is 0. The fourth-order valence-corrected chi connectivity index (χ4v) is 1.32. The van der Waals surface area contributed by atoms with Crippen LogP contribution in [-0.4, -0.2) is 5.78 Å². The predicted octanol–water partition coefficient (Wildman–Crippen LogP) is 3.29. The molecule has 0 bridgehead atoms. The average Bonchev–Trinajstić information content (AvgIpc) is 2.21. The van der Waals surface area contributed by atoms with Crippen molar-refractivity contribution in [2.24, 2.45) is 0 Å². The smallest absolute Gasteiger partial charge is 0.141 e. The highest BCUT2D eigenvalue weighted by atomic mass is 19.1. The van der Waals surface area contributed by atoms with E-state index in [1.54, 1.807) is 18.2 Å². The van der Waals surface area contributed by atoms with Gasteiger partial charge in [-0.3, -0.25) is 4.79 Å². The van der Waals surface area contributed by atoms with Gasteiger partial charge in [0.2, 0.25) is 0 Å². The quantitative estimate of drug-likeness (QED) is 0.675. The van der Waals surface area contributed by atoms with Gasteiger partial charge in [0.25, 0.3) is 0 Å². The number of ketones is 1. The van der Waals surface area contributed by atoms with Gasteiger partial charge in [0.15, 0.2) is 0 Å².